The fourth-order valence-corrected chi connectivity index (χ4v) is 9.06. The maximum Gasteiger partial charge on any atom is 0.194 e. The van der Waals surface area contributed by atoms with Crippen LogP contribution in [0.15, 0.2) is 211 Å². The lowest BCUT2D eigenvalue weighted by atomic mass is 9.91. The van der Waals surface area contributed by atoms with Crippen LogP contribution in [-0.4, -0.2) is 15.0 Å². The van der Waals surface area contributed by atoms with E-state index in [9.17, 15) is 0 Å². The molecule has 12 rings (SSSR count). The van der Waals surface area contributed by atoms with Gasteiger partial charge in [0.05, 0.1) is 6.57 Å². The summed E-state index contributed by atoms with van der Waals surface area (Å²) in [6.45, 7) is 7.66. The van der Waals surface area contributed by atoms with Crippen LogP contribution in [0.1, 0.15) is 0 Å². The molecule has 0 aliphatic carbocycles. The smallest absolute Gasteiger partial charge is 0.194 e. The van der Waals surface area contributed by atoms with Crippen LogP contribution in [0.25, 0.3) is 127 Å². The Hall–Kier alpha value is -8.72. The first-order chi connectivity index (χ1) is 31.2. The molecule has 5 nitrogen and oxygen atoms in total. The highest BCUT2D eigenvalue weighted by molar-refractivity contribution is 6.31. The molecule has 10 aromatic carbocycles. The van der Waals surface area contributed by atoms with Crippen LogP contribution >= 0.6 is 0 Å². The molecule has 0 radical (unpaired) electrons. The van der Waals surface area contributed by atoms with Crippen LogP contribution in [0, 0.1) is 6.57 Å². The monoisotopic (exact) mass is 802 g/mol. The summed E-state index contributed by atoms with van der Waals surface area (Å²) in [5.74, 6) is 1.88. The van der Waals surface area contributed by atoms with E-state index in [1.807, 2.05) is 91.0 Å². The van der Waals surface area contributed by atoms with Crippen molar-refractivity contribution in [3.05, 3.63) is 218 Å². The molecule has 0 N–H and O–H groups in total. The number of nitrogens with zero attached hydrogens (tertiary/aromatic N) is 4. The molecule has 2 aromatic heterocycles. The third kappa shape index (κ3) is 6.20. The normalized spacial score (nSPS) is 11.5. The zero-order valence-corrected chi connectivity index (χ0v) is 33.8. The average Bonchev–Trinajstić information content (AvgIpc) is 3.77. The Kier molecular flexibility index (Phi) is 8.48. The molecule has 2 heterocycles. The highest BCUT2D eigenvalue weighted by Crippen LogP contribution is 2.44. The second-order valence-electron chi connectivity index (χ2n) is 15.8. The molecule has 5 heteroatoms. The van der Waals surface area contributed by atoms with Gasteiger partial charge in [-0.25, -0.2) is 19.8 Å². The van der Waals surface area contributed by atoms with Crippen molar-refractivity contribution in [1.29, 1.82) is 0 Å². The first-order valence-corrected chi connectivity index (χ1v) is 21.0. The van der Waals surface area contributed by atoms with E-state index >= 15 is 0 Å². The molecule has 0 amide bonds. The number of furan rings is 1. The third-order valence-electron chi connectivity index (χ3n) is 12.1. The van der Waals surface area contributed by atoms with E-state index in [1.54, 1.807) is 0 Å². The molecule has 0 atom stereocenters. The van der Waals surface area contributed by atoms with Gasteiger partial charge in [0.2, 0.25) is 0 Å². The highest BCUT2D eigenvalue weighted by Gasteiger charge is 2.19. The van der Waals surface area contributed by atoms with Gasteiger partial charge in [0.15, 0.2) is 23.2 Å². The summed E-state index contributed by atoms with van der Waals surface area (Å²) in [4.78, 5) is 18.7. The van der Waals surface area contributed by atoms with Crippen LogP contribution in [0.4, 0.5) is 5.69 Å². The van der Waals surface area contributed by atoms with E-state index in [4.69, 9.17) is 25.9 Å². The molecule has 63 heavy (non-hydrogen) atoms. The molecule has 12 aromatic rings. The lowest BCUT2D eigenvalue weighted by Crippen LogP contribution is -2.00. The molecule has 0 unspecified atom stereocenters. The Morgan fingerprint density at radius 1 is 0.333 bits per heavy atom. The molecule has 0 fully saturated rings. The van der Waals surface area contributed by atoms with Gasteiger partial charge in [-0.3, -0.25) is 0 Å². The Balaban J connectivity index is 0.969. The second-order valence-corrected chi connectivity index (χ2v) is 15.8. The minimum absolute atomic E-state index is 0.616. The molecule has 0 aliphatic rings. The Labute approximate surface area is 363 Å². The van der Waals surface area contributed by atoms with Gasteiger partial charge < -0.3 is 4.42 Å². The van der Waals surface area contributed by atoms with Gasteiger partial charge in [0.25, 0.3) is 0 Å². The number of hydrogen-bond donors (Lipinski definition) is 0. The second kappa shape index (κ2) is 14.8. The molecule has 0 aliphatic heterocycles. The van der Waals surface area contributed by atoms with Crippen LogP contribution in [0.2, 0.25) is 0 Å². The molecular formula is C58H34N4O. The van der Waals surface area contributed by atoms with E-state index in [1.165, 1.54) is 5.39 Å². The summed E-state index contributed by atoms with van der Waals surface area (Å²) in [6, 6.07) is 71.3. The van der Waals surface area contributed by atoms with Gasteiger partial charge in [-0.15, -0.1) is 0 Å². The predicted octanol–water partition coefficient (Wildman–Crippen LogP) is 15.8. The Morgan fingerprint density at radius 2 is 0.841 bits per heavy atom. The van der Waals surface area contributed by atoms with Crippen molar-refractivity contribution >= 4 is 59.9 Å². The summed E-state index contributed by atoms with van der Waals surface area (Å²) in [7, 11) is 0. The summed E-state index contributed by atoms with van der Waals surface area (Å²) < 4.78 is 6.78. The zero-order chi connectivity index (χ0) is 41.9. The maximum atomic E-state index is 7.66. The van der Waals surface area contributed by atoms with Crippen molar-refractivity contribution in [1.82, 2.24) is 15.0 Å². The third-order valence-corrected chi connectivity index (χ3v) is 12.1. The molecule has 292 valence electrons. The quantitative estimate of drug-likeness (QED) is 0.124. The summed E-state index contributed by atoms with van der Waals surface area (Å²) in [5.41, 5.74) is 11.8. The SMILES string of the molecule is [C-]#[N+]c1ccc(-c2ccc(-c3ccc4c5ccc(-c6cccc(-c7nc(-c8ccccc8)nc(-c8ccccc8)n7)c6)cc5c5oc6ccccc6c5c4c3)cc2)c2ccccc12. The number of rotatable bonds is 6. The molecule has 0 saturated heterocycles. The summed E-state index contributed by atoms with van der Waals surface area (Å²) >= 11 is 0. The van der Waals surface area contributed by atoms with E-state index < -0.39 is 0 Å². The van der Waals surface area contributed by atoms with E-state index in [2.05, 4.69) is 120 Å². The lowest BCUT2D eigenvalue weighted by molar-refractivity contribution is 0.673. The fourth-order valence-electron chi connectivity index (χ4n) is 9.06. The Bertz CT molecular complexity index is 3740. The molecule has 0 saturated carbocycles. The standard InChI is InChI=1S/C58H34N4O/c1-59-52-32-31-44(45-19-8-9-20-48(45)52)37-25-23-36(24-26-37)41-27-29-46-47-30-28-42(35-51(47)55-54(50(46)34-41)49-21-10-11-22-53(49)63-55)40-17-12-18-43(33-40)58-61-56(38-13-4-2-5-14-38)60-57(62-58)39-15-6-3-7-16-39/h2-35H. The van der Waals surface area contributed by atoms with Crippen LogP contribution in [-0.2, 0) is 0 Å². The first kappa shape index (κ1) is 36.2. The van der Waals surface area contributed by atoms with Crippen molar-refractivity contribution in [3.63, 3.8) is 0 Å². The minimum Gasteiger partial charge on any atom is -0.455 e. The highest BCUT2D eigenvalue weighted by atomic mass is 16.3. The van der Waals surface area contributed by atoms with Gasteiger partial charge in [0.1, 0.15) is 11.2 Å². The molecular weight excluding hydrogens is 769 g/mol. The van der Waals surface area contributed by atoms with Crippen molar-refractivity contribution in [2.24, 2.45) is 0 Å². The minimum atomic E-state index is 0.616. The van der Waals surface area contributed by atoms with Gasteiger partial charge in [-0.05, 0) is 84.6 Å². The lowest BCUT2D eigenvalue weighted by Gasteiger charge is -2.13. The predicted molar refractivity (Wildman–Crippen MR) is 259 cm³/mol. The van der Waals surface area contributed by atoms with Crippen LogP contribution in [0.3, 0.4) is 0 Å². The average molecular weight is 803 g/mol. The molecule has 0 bridgehead atoms. The Morgan fingerprint density at radius 3 is 1.54 bits per heavy atom. The van der Waals surface area contributed by atoms with Gasteiger partial charge in [-0.2, -0.15) is 0 Å². The van der Waals surface area contributed by atoms with Crippen molar-refractivity contribution < 1.29 is 4.42 Å². The van der Waals surface area contributed by atoms with Crippen LogP contribution < -0.4 is 0 Å². The molecule has 0 spiro atoms. The van der Waals surface area contributed by atoms with Crippen molar-refractivity contribution in [3.8, 4) is 67.5 Å². The number of fused-ring (bicyclic) bond motifs is 9. The van der Waals surface area contributed by atoms with E-state index in [-0.39, 0.29) is 0 Å². The number of para-hydroxylation sites is 1. The largest absolute Gasteiger partial charge is 0.455 e. The summed E-state index contributed by atoms with van der Waals surface area (Å²) in [6.07, 6.45) is 0. The fraction of sp³-hybridized carbons (Fsp3) is 0. The number of benzene rings is 10. The van der Waals surface area contributed by atoms with Gasteiger partial charge >= 0.3 is 0 Å². The van der Waals surface area contributed by atoms with Crippen molar-refractivity contribution in [2.45, 2.75) is 0 Å². The van der Waals surface area contributed by atoms with Gasteiger partial charge in [0, 0.05) is 32.8 Å². The van der Waals surface area contributed by atoms with Crippen molar-refractivity contribution in [2.75, 3.05) is 0 Å². The van der Waals surface area contributed by atoms with Gasteiger partial charge in [-0.1, -0.05) is 182 Å². The number of aromatic nitrogens is 3. The number of hydrogen-bond acceptors (Lipinski definition) is 4. The topological polar surface area (TPSA) is 56.2 Å². The summed E-state index contributed by atoms with van der Waals surface area (Å²) in [5, 5.41) is 8.76. The maximum absolute atomic E-state index is 7.66. The zero-order valence-electron chi connectivity index (χ0n) is 33.8. The van der Waals surface area contributed by atoms with E-state index in [0.717, 1.165) is 98.9 Å². The van der Waals surface area contributed by atoms with Crippen LogP contribution in [0.5, 0.6) is 0 Å². The first-order valence-electron chi connectivity index (χ1n) is 21.0. The van der Waals surface area contributed by atoms with E-state index in [0.29, 0.717) is 23.2 Å².